The van der Waals surface area contributed by atoms with E-state index >= 15 is 0 Å². The quantitative estimate of drug-likeness (QED) is 0.623. The summed E-state index contributed by atoms with van der Waals surface area (Å²) in [5.41, 5.74) is 3.39. The first kappa shape index (κ1) is 20.2. The van der Waals surface area contributed by atoms with E-state index in [2.05, 4.69) is 35.2 Å². The summed E-state index contributed by atoms with van der Waals surface area (Å²) >= 11 is 0. The summed E-state index contributed by atoms with van der Waals surface area (Å²) in [6.45, 7) is 6.11. The Kier molecular flexibility index (Phi) is 6.19. The van der Waals surface area contributed by atoms with Gasteiger partial charge in [0.1, 0.15) is 12.4 Å². The first-order valence-corrected chi connectivity index (χ1v) is 10.4. The molecular formula is C25H28N2O3. The molecule has 156 valence electrons. The van der Waals surface area contributed by atoms with E-state index in [-0.39, 0.29) is 6.09 Å². The normalized spacial score (nSPS) is 14.7. The largest absolute Gasteiger partial charge is 0.496 e. The van der Waals surface area contributed by atoms with Gasteiger partial charge in [-0.25, -0.2) is 4.79 Å². The third-order valence-corrected chi connectivity index (χ3v) is 5.67. The number of carbonyl (C=O) groups excluding carboxylic acids is 1. The van der Waals surface area contributed by atoms with E-state index in [4.69, 9.17) is 9.47 Å². The van der Waals surface area contributed by atoms with Crippen LogP contribution in [0.15, 0.2) is 60.7 Å². The number of amides is 1. The third-order valence-electron chi connectivity index (χ3n) is 5.67. The Morgan fingerprint density at radius 2 is 1.77 bits per heavy atom. The number of benzene rings is 3. The van der Waals surface area contributed by atoms with Crippen LogP contribution < -0.4 is 4.74 Å². The van der Waals surface area contributed by atoms with Crippen LogP contribution in [0.5, 0.6) is 5.75 Å². The Bertz CT molecular complexity index is 1030. The van der Waals surface area contributed by atoms with Gasteiger partial charge in [0, 0.05) is 38.3 Å². The molecule has 0 aromatic heterocycles. The van der Waals surface area contributed by atoms with Crippen molar-refractivity contribution >= 4 is 16.9 Å². The average Bonchev–Trinajstić information content (AvgIpc) is 2.78. The lowest BCUT2D eigenvalue weighted by Gasteiger charge is -2.34. The first-order chi connectivity index (χ1) is 14.6. The number of aryl methyl sites for hydroxylation is 1. The maximum absolute atomic E-state index is 12.5. The molecule has 0 unspecified atom stereocenters. The molecule has 0 radical (unpaired) electrons. The molecule has 1 heterocycles. The number of carbonyl (C=O) groups is 1. The minimum Gasteiger partial charge on any atom is -0.496 e. The lowest BCUT2D eigenvalue weighted by molar-refractivity contribution is 0.0699. The van der Waals surface area contributed by atoms with E-state index in [9.17, 15) is 4.79 Å². The molecule has 5 nitrogen and oxygen atoms in total. The van der Waals surface area contributed by atoms with E-state index < -0.39 is 0 Å². The maximum Gasteiger partial charge on any atom is 0.410 e. The summed E-state index contributed by atoms with van der Waals surface area (Å²) in [5.74, 6) is 0.911. The molecule has 0 saturated carbocycles. The van der Waals surface area contributed by atoms with Crippen LogP contribution in [-0.4, -0.2) is 49.2 Å². The van der Waals surface area contributed by atoms with Gasteiger partial charge in [-0.3, -0.25) is 4.90 Å². The minimum atomic E-state index is -0.237. The summed E-state index contributed by atoms with van der Waals surface area (Å²) in [7, 11) is 1.72. The zero-order valence-electron chi connectivity index (χ0n) is 17.6. The second kappa shape index (κ2) is 9.18. The second-order valence-corrected chi connectivity index (χ2v) is 7.77. The summed E-state index contributed by atoms with van der Waals surface area (Å²) in [6.07, 6.45) is -0.237. The molecule has 1 aliphatic rings. The number of nitrogens with zero attached hydrogens (tertiary/aromatic N) is 2. The summed E-state index contributed by atoms with van der Waals surface area (Å²) in [4.78, 5) is 16.6. The molecule has 1 fully saturated rings. The van der Waals surface area contributed by atoms with Crippen molar-refractivity contribution in [3.8, 4) is 5.75 Å². The molecule has 1 saturated heterocycles. The fourth-order valence-electron chi connectivity index (χ4n) is 4.02. The first-order valence-electron chi connectivity index (χ1n) is 10.4. The second-order valence-electron chi connectivity index (χ2n) is 7.77. The molecule has 3 aromatic carbocycles. The number of hydrogen-bond acceptors (Lipinski definition) is 4. The highest BCUT2D eigenvalue weighted by molar-refractivity contribution is 5.87. The van der Waals surface area contributed by atoms with Crippen molar-refractivity contribution in [3.05, 3.63) is 77.4 Å². The Morgan fingerprint density at radius 3 is 2.53 bits per heavy atom. The van der Waals surface area contributed by atoms with Gasteiger partial charge < -0.3 is 14.4 Å². The molecule has 0 atom stereocenters. The van der Waals surface area contributed by atoms with Crippen molar-refractivity contribution in [1.82, 2.24) is 9.80 Å². The van der Waals surface area contributed by atoms with E-state index in [0.717, 1.165) is 30.9 Å². The van der Waals surface area contributed by atoms with Crippen LogP contribution in [0, 0.1) is 6.92 Å². The smallest absolute Gasteiger partial charge is 0.410 e. The van der Waals surface area contributed by atoms with E-state index in [0.29, 0.717) is 19.7 Å². The number of piperazine rings is 1. The predicted octanol–water partition coefficient (Wildman–Crippen LogP) is 4.61. The van der Waals surface area contributed by atoms with Crippen LogP contribution in [0.25, 0.3) is 10.8 Å². The SMILES string of the molecule is COc1ccc2ccccc2c1CN1CCN(C(=O)OCc2cccc(C)c2)CC1. The maximum atomic E-state index is 12.5. The van der Waals surface area contributed by atoms with Crippen LogP contribution in [0.3, 0.4) is 0 Å². The van der Waals surface area contributed by atoms with Gasteiger partial charge in [0.25, 0.3) is 0 Å². The molecule has 0 bridgehead atoms. The molecule has 3 aromatic rings. The average molecular weight is 405 g/mol. The highest BCUT2D eigenvalue weighted by Crippen LogP contribution is 2.29. The molecule has 5 heteroatoms. The molecule has 0 aliphatic carbocycles. The van der Waals surface area contributed by atoms with Crippen molar-refractivity contribution in [1.29, 1.82) is 0 Å². The van der Waals surface area contributed by atoms with Crippen LogP contribution in [0.1, 0.15) is 16.7 Å². The van der Waals surface area contributed by atoms with Crippen molar-refractivity contribution in [2.24, 2.45) is 0 Å². The summed E-state index contributed by atoms with van der Waals surface area (Å²) in [5, 5.41) is 2.43. The van der Waals surface area contributed by atoms with E-state index in [1.165, 1.54) is 21.9 Å². The van der Waals surface area contributed by atoms with Gasteiger partial charge in [0.05, 0.1) is 7.11 Å². The number of fused-ring (bicyclic) bond motifs is 1. The molecule has 0 spiro atoms. The van der Waals surface area contributed by atoms with Gasteiger partial charge in [-0.05, 0) is 29.3 Å². The molecule has 0 N–H and O–H groups in total. The lowest BCUT2D eigenvalue weighted by Crippen LogP contribution is -2.48. The van der Waals surface area contributed by atoms with E-state index in [1.807, 2.05) is 37.3 Å². The molecule has 1 aliphatic heterocycles. The Hall–Kier alpha value is -3.05. The zero-order valence-corrected chi connectivity index (χ0v) is 17.6. The van der Waals surface area contributed by atoms with Crippen molar-refractivity contribution < 1.29 is 14.3 Å². The lowest BCUT2D eigenvalue weighted by atomic mass is 10.0. The van der Waals surface area contributed by atoms with Crippen LogP contribution in [0.2, 0.25) is 0 Å². The Morgan fingerprint density at radius 1 is 0.967 bits per heavy atom. The van der Waals surface area contributed by atoms with Gasteiger partial charge in [0.2, 0.25) is 0 Å². The number of ether oxygens (including phenoxy) is 2. The van der Waals surface area contributed by atoms with Gasteiger partial charge in [0.15, 0.2) is 0 Å². The fourth-order valence-corrected chi connectivity index (χ4v) is 4.02. The number of hydrogen-bond donors (Lipinski definition) is 0. The zero-order chi connectivity index (χ0) is 20.9. The predicted molar refractivity (Wildman–Crippen MR) is 119 cm³/mol. The summed E-state index contributed by atoms with van der Waals surface area (Å²) < 4.78 is 11.1. The van der Waals surface area contributed by atoms with Crippen LogP contribution >= 0.6 is 0 Å². The topological polar surface area (TPSA) is 42.0 Å². The van der Waals surface area contributed by atoms with Gasteiger partial charge >= 0.3 is 6.09 Å². The van der Waals surface area contributed by atoms with Crippen molar-refractivity contribution in [2.75, 3.05) is 33.3 Å². The molecular weight excluding hydrogens is 376 g/mol. The fraction of sp³-hybridized carbons (Fsp3) is 0.320. The summed E-state index contributed by atoms with van der Waals surface area (Å²) in [6, 6.07) is 20.6. The Labute approximate surface area is 177 Å². The highest BCUT2D eigenvalue weighted by Gasteiger charge is 2.23. The monoisotopic (exact) mass is 404 g/mol. The minimum absolute atomic E-state index is 0.237. The molecule has 1 amide bonds. The number of methoxy groups -OCH3 is 1. The van der Waals surface area contributed by atoms with Gasteiger partial charge in [-0.2, -0.15) is 0 Å². The van der Waals surface area contributed by atoms with Gasteiger partial charge in [-0.15, -0.1) is 0 Å². The van der Waals surface area contributed by atoms with Crippen molar-refractivity contribution in [2.45, 2.75) is 20.1 Å². The van der Waals surface area contributed by atoms with Crippen LogP contribution in [-0.2, 0) is 17.9 Å². The van der Waals surface area contributed by atoms with Crippen molar-refractivity contribution in [3.63, 3.8) is 0 Å². The number of rotatable bonds is 5. The van der Waals surface area contributed by atoms with E-state index in [1.54, 1.807) is 12.0 Å². The standard InChI is InChI=1S/C25H28N2O3/c1-19-6-5-7-20(16-19)18-30-25(28)27-14-12-26(13-15-27)17-23-22-9-4-3-8-21(22)10-11-24(23)29-2/h3-11,16H,12-15,17-18H2,1-2H3. The van der Waals surface area contributed by atoms with Gasteiger partial charge in [-0.1, -0.05) is 60.2 Å². The van der Waals surface area contributed by atoms with Crippen LogP contribution in [0.4, 0.5) is 4.79 Å². The molecule has 30 heavy (non-hydrogen) atoms. The highest BCUT2D eigenvalue weighted by atomic mass is 16.6. The molecule has 4 rings (SSSR count). The Balaban J connectivity index is 1.35. The third kappa shape index (κ3) is 4.57.